The van der Waals surface area contributed by atoms with Crippen LogP contribution in [0.25, 0.3) is 0 Å². The van der Waals surface area contributed by atoms with E-state index >= 15 is 0 Å². The van der Waals surface area contributed by atoms with Gasteiger partial charge in [0.05, 0.1) is 6.61 Å². The van der Waals surface area contributed by atoms with Gasteiger partial charge in [0, 0.05) is 29.3 Å². The number of carbonyl (C=O) groups is 1. The Morgan fingerprint density at radius 2 is 2.00 bits per heavy atom. The molecule has 1 aromatic rings. The normalized spacial score (nSPS) is 11.4. The van der Waals surface area contributed by atoms with Crippen molar-refractivity contribution >= 4 is 21.8 Å². The average molecular weight is 345 g/mol. The van der Waals surface area contributed by atoms with Gasteiger partial charge in [-0.25, -0.2) is 0 Å². The summed E-state index contributed by atoms with van der Waals surface area (Å²) in [7, 11) is 0. The Labute approximate surface area is 129 Å². The number of halogens is 1. The van der Waals surface area contributed by atoms with Gasteiger partial charge >= 0.3 is 0 Å². The summed E-state index contributed by atoms with van der Waals surface area (Å²) >= 11 is 3.44. The second kappa shape index (κ2) is 7.84. The maximum absolute atomic E-state index is 12.8. The molecule has 0 saturated carbocycles. The van der Waals surface area contributed by atoms with Gasteiger partial charge in [0.1, 0.15) is 5.69 Å². The third kappa shape index (κ3) is 3.85. The van der Waals surface area contributed by atoms with E-state index in [-0.39, 0.29) is 24.6 Å². The lowest BCUT2D eigenvalue weighted by atomic mass is 10.1. The molecular formula is C15H25BrN2O2. The monoisotopic (exact) mass is 344 g/mol. The Balaban J connectivity index is 3.11. The summed E-state index contributed by atoms with van der Waals surface area (Å²) in [4.78, 5) is 14.6. The fourth-order valence-electron chi connectivity index (χ4n) is 2.48. The van der Waals surface area contributed by atoms with Crippen LogP contribution >= 0.6 is 15.9 Å². The van der Waals surface area contributed by atoms with E-state index in [0.717, 1.165) is 17.3 Å². The highest BCUT2D eigenvalue weighted by molar-refractivity contribution is 9.10. The van der Waals surface area contributed by atoms with Gasteiger partial charge < -0.3 is 14.6 Å². The number of rotatable bonds is 7. The van der Waals surface area contributed by atoms with Crippen molar-refractivity contribution in [2.24, 2.45) is 0 Å². The molecule has 5 heteroatoms. The molecule has 1 N–H and O–H groups in total. The van der Waals surface area contributed by atoms with E-state index in [9.17, 15) is 9.90 Å². The average Bonchev–Trinajstić information content (AvgIpc) is 2.80. The largest absolute Gasteiger partial charge is 0.395 e. The molecule has 0 aromatic carbocycles. The zero-order chi connectivity index (χ0) is 15.3. The molecule has 0 unspecified atom stereocenters. The molecule has 0 aliphatic carbocycles. The summed E-state index contributed by atoms with van der Waals surface area (Å²) in [6.45, 7) is 8.62. The Morgan fingerprint density at radius 3 is 2.45 bits per heavy atom. The molecule has 1 aromatic heterocycles. The number of aliphatic hydroxyl groups excluding tert-OH is 1. The number of carbonyl (C=O) groups excluding carboxylic acids is 1. The first-order valence-electron chi connectivity index (χ1n) is 7.25. The summed E-state index contributed by atoms with van der Waals surface area (Å²) in [6.07, 6.45) is 3.72. The smallest absolute Gasteiger partial charge is 0.270 e. The van der Waals surface area contributed by atoms with Crippen LogP contribution in [0.4, 0.5) is 0 Å². The quantitative estimate of drug-likeness (QED) is 0.823. The van der Waals surface area contributed by atoms with Gasteiger partial charge in [-0.3, -0.25) is 4.79 Å². The lowest BCUT2D eigenvalue weighted by Crippen LogP contribution is -2.42. The van der Waals surface area contributed by atoms with E-state index in [0.29, 0.717) is 12.2 Å². The second-order valence-corrected chi connectivity index (χ2v) is 6.15. The predicted octanol–water partition coefficient (Wildman–Crippen LogP) is 3.45. The molecule has 0 spiro atoms. The Kier molecular flexibility index (Phi) is 6.76. The minimum absolute atomic E-state index is 0.00727. The summed E-state index contributed by atoms with van der Waals surface area (Å²) in [5, 5.41) is 9.25. The first kappa shape index (κ1) is 17.2. The minimum atomic E-state index is -0.00814. The van der Waals surface area contributed by atoms with Gasteiger partial charge in [-0.2, -0.15) is 0 Å². The number of amides is 1. The number of hydrogen-bond acceptors (Lipinski definition) is 2. The van der Waals surface area contributed by atoms with Crippen LogP contribution in [0.1, 0.15) is 57.1 Å². The lowest BCUT2D eigenvalue weighted by molar-refractivity contribution is 0.0610. The van der Waals surface area contributed by atoms with Crippen molar-refractivity contribution < 1.29 is 9.90 Å². The predicted molar refractivity (Wildman–Crippen MR) is 85.0 cm³/mol. The van der Waals surface area contributed by atoms with Crippen LogP contribution in [0, 0.1) is 0 Å². The molecule has 114 valence electrons. The molecule has 0 fully saturated rings. The van der Waals surface area contributed by atoms with E-state index in [4.69, 9.17) is 0 Å². The fraction of sp³-hybridized carbons (Fsp3) is 0.667. The highest BCUT2D eigenvalue weighted by Gasteiger charge is 2.25. The molecule has 1 rings (SSSR count). The van der Waals surface area contributed by atoms with Crippen LogP contribution < -0.4 is 0 Å². The van der Waals surface area contributed by atoms with E-state index in [2.05, 4.69) is 43.6 Å². The maximum atomic E-state index is 12.8. The first-order chi connectivity index (χ1) is 9.46. The van der Waals surface area contributed by atoms with Gasteiger partial charge in [0.15, 0.2) is 0 Å². The number of nitrogens with zero attached hydrogens (tertiary/aromatic N) is 2. The third-order valence-electron chi connectivity index (χ3n) is 3.58. The van der Waals surface area contributed by atoms with Crippen molar-refractivity contribution in [3.05, 3.63) is 22.4 Å². The molecule has 4 nitrogen and oxygen atoms in total. The van der Waals surface area contributed by atoms with E-state index in [1.54, 1.807) is 4.90 Å². The van der Waals surface area contributed by atoms with Crippen molar-refractivity contribution in [2.45, 2.75) is 52.6 Å². The maximum Gasteiger partial charge on any atom is 0.270 e. The summed E-state index contributed by atoms with van der Waals surface area (Å²) in [6, 6.07) is 2.25. The second-order valence-electron chi connectivity index (χ2n) is 5.24. The first-order valence-corrected chi connectivity index (χ1v) is 8.04. The molecule has 0 radical (unpaired) electrons. The van der Waals surface area contributed by atoms with Crippen LogP contribution in [0.2, 0.25) is 0 Å². The third-order valence-corrected chi connectivity index (χ3v) is 4.01. The zero-order valence-corrected chi connectivity index (χ0v) is 14.4. The number of aliphatic hydroxyl groups is 1. The van der Waals surface area contributed by atoms with Gasteiger partial charge in [-0.05, 0) is 48.7 Å². The molecule has 20 heavy (non-hydrogen) atoms. The van der Waals surface area contributed by atoms with E-state index < -0.39 is 0 Å². The van der Waals surface area contributed by atoms with Crippen LogP contribution in [0.5, 0.6) is 0 Å². The Hall–Kier alpha value is -0.810. The molecule has 1 heterocycles. The van der Waals surface area contributed by atoms with Gasteiger partial charge in [-0.1, -0.05) is 13.8 Å². The van der Waals surface area contributed by atoms with Crippen LogP contribution in [-0.2, 0) is 0 Å². The molecule has 0 atom stereocenters. The minimum Gasteiger partial charge on any atom is -0.395 e. The number of aromatic nitrogens is 1. The molecular weight excluding hydrogens is 320 g/mol. The lowest BCUT2D eigenvalue weighted by Gasteiger charge is -2.30. The molecule has 0 bridgehead atoms. The van der Waals surface area contributed by atoms with Gasteiger partial charge in [-0.15, -0.1) is 0 Å². The highest BCUT2D eigenvalue weighted by atomic mass is 79.9. The van der Waals surface area contributed by atoms with Crippen molar-refractivity contribution in [3.63, 3.8) is 0 Å². The van der Waals surface area contributed by atoms with Gasteiger partial charge in [0.25, 0.3) is 5.91 Å². The van der Waals surface area contributed by atoms with Crippen molar-refractivity contribution in [1.82, 2.24) is 9.47 Å². The highest BCUT2D eigenvalue weighted by Crippen LogP contribution is 2.22. The van der Waals surface area contributed by atoms with Crippen molar-refractivity contribution in [3.8, 4) is 0 Å². The van der Waals surface area contributed by atoms with Crippen molar-refractivity contribution in [1.29, 1.82) is 0 Å². The topological polar surface area (TPSA) is 45.5 Å². The number of hydrogen-bond donors (Lipinski definition) is 1. The van der Waals surface area contributed by atoms with E-state index in [1.165, 1.54) is 0 Å². The van der Waals surface area contributed by atoms with Crippen LogP contribution in [-0.4, -0.2) is 39.7 Å². The standard InChI is InChI=1S/C15H25BrN2O2/c1-5-13(6-2)17(7-8-19)15(20)14-9-12(16)10-18(14)11(3)4/h9-11,13,19H,5-8H2,1-4H3. The van der Waals surface area contributed by atoms with Gasteiger partial charge in [0.2, 0.25) is 0 Å². The molecule has 0 aliphatic heterocycles. The van der Waals surface area contributed by atoms with Crippen LogP contribution in [0.15, 0.2) is 16.7 Å². The summed E-state index contributed by atoms with van der Waals surface area (Å²) < 4.78 is 2.88. The molecule has 0 saturated heterocycles. The Morgan fingerprint density at radius 1 is 1.40 bits per heavy atom. The zero-order valence-electron chi connectivity index (χ0n) is 12.8. The van der Waals surface area contributed by atoms with Crippen molar-refractivity contribution in [2.75, 3.05) is 13.2 Å². The molecule has 1 amide bonds. The Bertz CT molecular complexity index is 439. The summed E-state index contributed by atoms with van der Waals surface area (Å²) in [5.74, 6) is -0.00727. The summed E-state index contributed by atoms with van der Waals surface area (Å²) in [5.41, 5.74) is 0.673. The van der Waals surface area contributed by atoms with E-state index in [1.807, 2.05) is 16.8 Å². The van der Waals surface area contributed by atoms with Crippen LogP contribution in [0.3, 0.4) is 0 Å². The molecule has 0 aliphatic rings. The SMILES string of the molecule is CCC(CC)N(CCO)C(=O)c1cc(Br)cn1C(C)C. The fourth-order valence-corrected chi connectivity index (χ4v) is 2.92.